The fourth-order valence-electron chi connectivity index (χ4n) is 2.09. The quantitative estimate of drug-likeness (QED) is 0.728. The Morgan fingerprint density at radius 3 is 2.50 bits per heavy atom. The highest BCUT2D eigenvalue weighted by molar-refractivity contribution is 5.85. The van der Waals surface area contributed by atoms with Crippen molar-refractivity contribution in [1.82, 2.24) is 9.80 Å². The topological polar surface area (TPSA) is 70.1 Å². The van der Waals surface area contributed by atoms with Crippen molar-refractivity contribution in [2.45, 2.75) is 26.3 Å². The molecule has 1 aliphatic rings. The highest BCUT2D eigenvalue weighted by Gasteiger charge is 2.27. The maximum Gasteiger partial charge on any atom is 0.323 e. The maximum absolute atomic E-state index is 12.2. The Balaban J connectivity index is 2.59. The van der Waals surface area contributed by atoms with Gasteiger partial charge in [-0.25, -0.2) is 0 Å². The fraction of sp³-hybridized carbons (Fsp3) is 0.833. The highest BCUT2D eigenvalue weighted by Crippen LogP contribution is 2.07. The molecule has 1 unspecified atom stereocenters. The summed E-state index contributed by atoms with van der Waals surface area (Å²) < 4.78 is 5.24. The number of rotatable bonds is 6. The van der Waals surface area contributed by atoms with Gasteiger partial charge < -0.3 is 14.7 Å². The third-order valence-corrected chi connectivity index (χ3v) is 3.08. The second-order valence-electron chi connectivity index (χ2n) is 4.48. The van der Waals surface area contributed by atoms with Gasteiger partial charge in [-0.05, 0) is 13.3 Å². The van der Waals surface area contributed by atoms with Gasteiger partial charge in [-0.3, -0.25) is 14.5 Å². The summed E-state index contributed by atoms with van der Waals surface area (Å²) in [5.41, 5.74) is 0. The van der Waals surface area contributed by atoms with Crippen LogP contribution in [0.3, 0.4) is 0 Å². The number of amides is 1. The van der Waals surface area contributed by atoms with Gasteiger partial charge in [0.05, 0.1) is 19.3 Å². The maximum atomic E-state index is 12.2. The van der Waals surface area contributed by atoms with Gasteiger partial charge in [-0.15, -0.1) is 0 Å². The third kappa shape index (κ3) is 4.27. The molecule has 6 nitrogen and oxygen atoms in total. The van der Waals surface area contributed by atoms with E-state index in [0.29, 0.717) is 19.8 Å². The second kappa shape index (κ2) is 7.33. The molecule has 0 bridgehead atoms. The van der Waals surface area contributed by atoms with Gasteiger partial charge in [0.15, 0.2) is 0 Å². The van der Waals surface area contributed by atoms with Gasteiger partial charge in [0.2, 0.25) is 5.91 Å². The van der Waals surface area contributed by atoms with Gasteiger partial charge in [0, 0.05) is 19.6 Å². The Morgan fingerprint density at radius 1 is 1.39 bits per heavy atom. The SMILES string of the molecule is CCCN(CC(=O)O)C(=O)C(C)N1CCOCC1. The van der Waals surface area contributed by atoms with Crippen molar-refractivity contribution in [3.8, 4) is 0 Å². The molecule has 0 aromatic heterocycles. The van der Waals surface area contributed by atoms with Crippen molar-refractivity contribution in [2.24, 2.45) is 0 Å². The van der Waals surface area contributed by atoms with Gasteiger partial charge in [0.25, 0.3) is 0 Å². The molecule has 1 heterocycles. The number of carboxylic acids is 1. The summed E-state index contributed by atoms with van der Waals surface area (Å²) in [4.78, 5) is 26.5. The number of hydrogen-bond acceptors (Lipinski definition) is 4. The lowest BCUT2D eigenvalue weighted by Crippen LogP contribution is -2.52. The Hall–Kier alpha value is -1.14. The van der Waals surface area contributed by atoms with Crippen LogP contribution in [0.1, 0.15) is 20.3 Å². The van der Waals surface area contributed by atoms with Gasteiger partial charge >= 0.3 is 5.97 Å². The summed E-state index contributed by atoms with van der Waals surface area (Å²) in [5.74, 6) is -1.08. The van der Waals surface area contributed by atoms with E-state index >= 15 is 0 Å². The standard InChI is InChI=1S/C12H22N2O4/c1-3-4-14(9-11(15)16)12(17)10(2)13-5-7-18-8-6-13/h10H,3-9H2,1-2H3,(H,15,16). The lowest BCUT2D eigenvalue weighted by atomic mass is 10.2. The van der Waals surface area contributed by atoms with Crippen LogP contribution < -0.4 is 0 Å². The first kappa shape index (κ1) is 14.9. The predicted molar refractivity (Wildman–Crippen MR) is 66.4 cm³/mol. The Morgan fingerprint density at radius 2 is 2.00 bits per heavy atom. The molecule has 1 amide bonds. The number of morpholine rings is 1. The number of carbonyl (C=O) groups excluding carboxylic acids is 1. The summed E-state index contributed by atoms with van der Waals surface area (Å²) in [5, 5.41) is 8.82. The van der Waals surface area contributed by atoms with Crippen molar-refractivity contribution >= 4 is 11.9 Å². The number of carboxylic acid groups (broad SMARTS) is 1. The van der Waals surface area contributed by atoms with E-state index in [-0.39, 0.29) is 18.5 Å². The first-order valence-corrected chi connectivity index (χ1v) is 6.38. The van der Waals surface area contributed by atoms with Crippen LogP contribution in [0.2, 0.25) is 0 Å². The van der Waals surface area contributed by atoms with E-state index in [9.17, 15) is 9.59 Å². The monoisotopic (exact) mass is 258 g/mol. The van der Waals surface area contributed by atoms with E-state index in [1.807, 2.05) is 18.7 Å². The first-order chi connectivity index (χ1) is 8.56. The molecule has 1 rings (SSSR count). The molecule has 1 aliphatic heterocycles. The number of aliphatic carboxylic acids is 1. The van der Waals surface area contributed by atoms with Crippen molar-refractivity contribution in [1.29, 1.82) is 0 Å². The number of hydrogen-bond donors (Lipinski definition) is 1. The van der Waals surface area contributed by atoms with Crippen molar-refractivity contribution in [2.75, 3.05) is 39.4 Å². The number of carbonyl (C=O) groups is 2. The lowest BCUT2D eigenvalue weighted by molar-refractivity contribution is -0.147. The average molecular weight is 258 g/mol. The van der Waals surface area contributed by atoms with Crippen LogP contribution in [0.15, 0.2) is 0 Å². The normalized spacial score (nSPS) is 18.3. The molecule has 104 valence electrons. The minimum absolute atomic E-state index is 0.110. The van der Waals surface area contributed by atoms with Crippen LogP contribution in [0.4, 0.5) is 0 Å². The Labute approximate surface area is 107 Å². The summed E-state index contributed by atoms with van der Waals surface area (Å²) in [6, 6.07) is -0.278. The molecule has 0 aromatic carbocycles. The first-order valence-electron chi connectivity index (χ1n) is 6.38. The van der Waals surface area contributed by atoms with Crippen molar-refractivity contribution in [3.05, 3.63) is 0 Å². The summed E-state index contributed by atoms with van der Waals surface area (Å²) in [6.07, 6.45) is 0.759. The minimum Gasteiger partial charge on any atom is -0.480 e. The van der Waals surface area contributed by atoms with Gasteiger partial charge in [0.1, 0.15) is 6.54 Å². The largest absolute Gasteiger partial charge is 0.480 e. The van der Waals surface area contributed by atoms with E-state index in [1.165, 1.54) is 4.90 Å². The molecule has 1 fully saturated rings. The Kier molecular flexibility index (Phi) is 6.07. The smallest absolute Gasteiger partial charge is 0.323 e. The molecule has 1 atom stereocenters. The van der Waals surface area contributed by atoms with Crippen LogP contribution >= 0.6 is 0 Å². The predicted octanol–water partition coefficient (Wildman–Crippen LogP) is 0.0303. The van der Waals surface area contributed by atoms with Gasteiger partial charge in [-0.1, -0.05) is 6.92 Å². The minimum atomic E-state index is -0.967. The third-order valence-electron chi connectivity index (χ3n) is 3.08. The summed E-state index contributed by atoms with van der Waals surface area (Å²) in [7, 11) is 0. The van der Waals surface area contributed by atoms with Crippen LogP contribution in [-0.2, 0) is 14.3 Å². The van der Waals surface area contributed by atoms with Crippen LogP contribution in [0, 0.1) is 0 Å². The highest BCUT2D eigenvalue weighted by atomic mass is 16.5. The van der Waals surface area contributed by atoms with Crippen LogP contribution in [-0.4, -0.2) is 72.2 Å². The van der Waals surface area contributed by atoms with E-state index < -0.39 is 5.97 Å². The molecule has 1 saturated heterocycles. The van der Waals surface area contributed by atoms with Crippen LogP contribution in [0.5, 0.6) is 0 Å². The molecule has 0 aliphatic carbocycles. The molecule has 6 heteroatoms. The lowest BCUT2D eigenvalue weighted by Gasteiger charge is -2.34. The average Bonchev–Trinajstić information content (AvgIpc) is 2.37. The molecule has 1 N–H and O–H groups in total. The molecule has 18 heavy (non-hydrogen) atoms. The van der Waals surface area contributed by atoms with Crippen LogP contribution in [0.25, 0.3) is 0 Å². The zero-order valence-electron chi connectivity index (χ0n) is 11.1. The molecule has 0 saturated carbocycles. The van der Waals surface area contributed by atoms with Gasteiger partial charge in [-0.2, -0.15) is 0 Å². The summed E-state index contributed by atoms with van der Waals surface area (Å²) >= 11 is 0. The van der Waals surface area contributed by atoms with E-state index in [1.54, 1.807) is 0 Å². The zero-order chi connectivity index (χ0) is 13.5. The number of nitrogens with zero attached hydrogens (tertiary/aromatic N) is 2. The second-order valence-corrected chi connectivity index (χ2v) is 4.48. The van der Waals surface area contributed by atoms with E-state index in [2.05, 4.69) is 0 Å². The molecular weight excluding hydrogens is 236 g/mol. The number of ether oxygens (including phenoxy) is 1. The molecule has 0 radical (unpaired) electrons. The molecule has 0 spiro atoms. The van der Waals surface area contributed by atoms with E-state index in [0.717, 1.165) is 19.5 Å². The van der Waals surface area contributed by atoms with E-state index in [4.69, 9.17) is 9.84 Å². The van der Waals surface area contributed by atoms with Crippen molar-refractivity contribution < 1.29 is 19.4 Å². The molecular formula is C12H22N2O4. The summed E-state index contributed by atoms with van der Waals surface area (Å²) in [6.45, 7) is 6.73. The van der Waals surface area contributed by atoms with Crippen molar-refractivity contribution in [3.63, 3.8) is 0 Å². The molecule has 0 aromatic rings. The fourth-order valence-corrected chi connectivity index (χ4v) is 2.09. The zero-order valence-corrected chi connectivity index (χ0v) is 11.1. The Bertz CT molecular complexity index is 290.